The van der Waals surface area contributed by atoms with Crippen molar-refractivity contribution in [2.75, 3.05) is 40.0 Å². The van der Waals surface area contributed by atoms with Crippen LogP contribution in [0.1, 0.15) is 31.2 Å². The molecule has 0 atom stereocenters. The highest BCUT2D eigenvalue weighted by atomic mass is 16.7. The first-order chi connectivity index (χ1) is 13.6. The molecule has 0 saturated carbocycles. The fraction of sp³-hybridized carbons (Fsp3) is 0.500. The van der Waals surface area contributed by atoms with Crippen molar-refractivity contribution in [2.45, 2.75) is 32.0 Å². The molecule has 1 saturated heterocycles. The van der Waals surface area contributed by atoms with Crippen molar-refractivity contribution in [3.63, 3.8) is 0 Å². The van der Waals surface area contributed by atoms with Crippen molar-refractivity contribution in [3.05, 3.63) is 42.0 Å². The second kappa shape index (κ2) is 9.87. The second-order valence-electron chi connectivity index (χ2n) is 7.13. The molecule has 2 aromatic rings. The zero-order chi connectivity index (χ0) is 19.9. The number of carboxylic acids is 1. The maximum atomic E-state index is 10.8. The third-order valence-corrected chi connectivity index (χ3v) is 5.25. The van der Waals surface area contributed by atoms with Gasteiger partial charge in [0.1, 0.15) is 5.75 Å². The van der Waals surface area contributed by atoms with Crippen LogP contribution in [0, 0.1) is 0 Å². The van der Waals surface area contributed by atoms with Gasteiger partial charge in [-0.25, -0.2) is 0 Å². The van der Waals surface area contributed by atoms with Gasteiger partial charge in [0.2, 0.25) is 0 Å². The monoisotopic (exact) mass is 387 g/mol. The molecule has 1 heterocycles. The fourth-order valence-electron chi connectivity index (χ4n) is 3.68. The van der Waals surface area contributed by atoms with E-state index in [0.717, 1.165) is 37.1 Å². The molecule has 2 aromatic carbocycles. The van der Waals surface area contributed by atoms with Crippen LogP contribution in [-0.2, 0) is 14.3 Å². The maximum absolute atomic E-state index is 10.8. The first-order valence-corrected chi connectivity index (χ1v) is 9.84. The molecule has 152 valence electrons. The molecule has 1 aliphatic rings. The van der Waals surface area contributed by atoms with Gasteiger partial charge in [0.15, 0.2) is 6.29 Å². The Morgan fingerprint density at radius 3 is 2.71 bits per heavy atom. The zero-order valence-corrected chi connectivity index (χ0v) is 16.6. The lowest BCUT2D eigenvalue weighted by Crippen LogP contribution is -2.33. The van der Waals surface area contributed by atoms with Gasteiger partial charge >= 0.3 is 5.97 Å². The van der Waals surface area contributed by atoms with Gasteiger partial charge in [-0.1, -0.05) is 31.2 Å². The number of ether oxygens (including phenoxy) is 3. The van der Waals surface area contributed by atoms with Crippen molar-refractivity contribution >= 4 is 16.7 Å². The molecular weight excluding hydrogens is 358 g/mol. The molecule has 3 rings (SSSR count). The second-order valence-corrected chi connectivity index (χ2v) is 7.13. The predicted molar refractivity (Wildman–Crippen MR) is 108 cm³/mol. The fourth-order valence-corrected chi connectivity index (χ4v) is 3.68. The highest BCUT2D eigenvalue weighted by Gasteiger charge is 2.24. The summed E-state index contributed by atoms with van der Waals surface area (Å²) in [7, 11) is 1.68. The van der Waals surface area contributed by atoms with Crippen molar-refractivity contribution in [3.8, 4) is 5.75 Å². The van der Waals surface area contributed by atoms with Crippen molar-refractivity contribution < 1.29 is 24.1 Å². The molecule has 0 spiro atoms. The smallest absolute Gasteiger partial charge is 0.317 e. The number of benzene rings is 2. The van der Waals surface area contributed by atoms with Gasteiger partial charge in [-0.05, 0) is 54.4 Å². The van der Waals surface area contributed by atoms with Crippen LogP contribution in [0.3, 0.4) is 0 Å². The maximum Gasteiger partial charge on any atom is 0.317 e. The first kappa shape index (κ1) is 20.6. The third-order valence-electron chi connectivity index (χ3n) is 5.25. The summed E-state index contributed by atoms with van der Waals surface area (Å²) in [5, 5.41) is 11.3. The van der Waals surface area contributed by atoms with E-state index < -0.39 is 5.97 Å². The van der Waals surface area contributed by atoms with Gasteiger partial charge in [-0.15, -0.1) is 0 Å². The SMILES string of the molecule is CCN(CCCC1OCC(c2cccc3cc(OC)ccc23)CO1)CC(=O)O. The van der Waals surface area contributed by atoms with Gasteiger partial charge in [-0.2, -0.15) is 0 Å². The van der Waals surface area contributed by atoms with Crippen LogP contribution in [0.2, 0.25) is 0 Å². The zero-order valence-electron chi connectivity index (χ0n) is 16.6. The summed E-state index contributed by atoms with van der Waals surface area (Å²) in [6.07, 6.45) is 1.41. The number of hydrogen-bond donors (Lipinski definition) is 1. The van der Waals surface area contributed by atoms with Gasteiger partial charge in [-0.3, -0.25) is 9.69 Å². The summed E-state index contributed by atoms with van der Waals surface area (Å²) in [4.78, 5) is 12.8. The lowest BCUT2D eigenvalue weighted by molar-refractivity contribution is -0.190. The Kier molecular flexibility index (Phi) is 7.25. The van der Waals surface area contributed by atoms with Crippen molar-refractivity contribution in [1.82, 2.24) is 4.90 Å². The minimum Gasteiger partial charge on any atom is -0.497 e. The van der Waals surface area contributed by atoms with Gasteiger partial charge in [0.25, 0.3) is 0 Å². The first-order valence-electron chi connectivity index (χ1n) is 9.84. The number of hydrogen-bond acceptors (Lipinski definition) is 5. The number of methoxy groups -OCH3 is 1. The molecule has 1 N–H and O–H groups in total. The number of rotatable bonds is 9. The molecule has 0 amide bonds. The largest absolute Gasteiger partial charge is 0.497 e. The van der Waals surface area contributed by atoms with Crippen LogP contribution in [0.5, 0.6) is 5.75 Å². The molecule has 0 radical (unpaired) electrons. The van der Waals surface area contributed by atoms with Gasteiger partial charge < -0.3 is 19.3 Å². The molecule has 0 unspecified atom stereocenters. The molecule has 6 heteroatoms. The molecule has 1 fully saturated rings. The number of nitrogens with zero attached hydrogens (tertiary/aromatic N) is 1. The van der Waals surface area contributed by atoms with E-state index in [9.17, 15) is 4.79 Å². The summed E-state index contributed by atoms with van der Waals surface area (Å²) in [5.41, 5.74) is 1.23. The van der Waals surface area contributed by atoms with Crippen LogP contribution in [-0.4, -0.2) is 62.2 Å². The topological polar surface area (TPSA) is 68.2 Å². The molecule has 28 heavy (non-hydrogen) atoms. The Hall–Kier alpha value is -2.15. The number of carbonyl (C=O) groups is 1. The summed E-state index contributed by atoms with van der Waals surface area (Å²) in [6, 6.07) is 12.4. The normalized spacial score (nSPS) is 19.8. The highest BCUT2D eigenvalue weighted by molar-refractivity contribution is 5.87. The van der Waals surface area contributed by atoms with Crippen molar-refractivity contribution in [1.29, 1.82) is 0 Å². The predicted octanol–water partition coefficient (Wildman–Crippen LogP) is 3.49. The van der Waals surface area contributed by atoms with E-state index in [1.165, 1.54) is 10.9 Å². The molecule has 0 aromatic heterocycles. The van der Waals surface area contributed by atoms with E-state index in [1.807, 2.05) is 24.0 Å². The Balaban J connectivity index is 1.53. The third kappa shape index (κ3) is 5.22. The minimum atomic E-state index is -0.789. The quantitative estimate of drug-likeness (QED) is 0.710. The molecule has 0 aliphatic carbocycles. The van der Waals surface area contributed by atoms with Crippen LogP contribution in [0.15, 0.2) is 36.4 Å². The van der Waals surface area contributed by atoms with Gasteiger partial charge in [0.05, 0.1) is 26.9 Å². The lowest BCUT2D eigenvalue weighted by Gasteiger charge is -2.30. The van der Waals surface area contributed by atoms with E-state index in [0.29, 0.717) is 13.2 Å². The van der Waals surface area contributed by atoms with Crippen LogP contribution < -0.4 is 4.74 Å². The van der Waals surface area contributed by atoms with E-state index in [-0.39, 0.29) is 18.8 Å². The van der Waals surface area contributed by atoms with Crippen LogP contribution in [0.4, 0.5) is 0 Å². The molecule has 1 aliphatic heterocycles. The highest BCUT2D eigenvalue weighted by Crippen LogP contribution is 2.31. The molecule has 6 nitrogen and oxygen atoms in total. The standard InChI is InChI=1S/C22H29NO5/c1-3-23(13-21(24)25)11-5-8-22-27-14-17(15-28-22)19-7-4-6-16-12-18(26-2)9-10-20(16)19/h4,6-7,9-10,12,17,22H,3,5,8,11,13-15H2,1-2H3,(H,24,25). The molecular formula is C22H29NO5. The van der Waals surface area contributed by atoms with Crippen LogP contribution in [0.25, 0.3) is 10.8 Å². The average molecular weight is 387 g/mol. The number of aliphatic carboxylic acids is 1. The van der Waals surface area contributed by atoms with Crippen molar-refractivity contribution in [2.24, 2.45) is 0 Å². The average Bonchev–Trinajstić information content (AvgIpc) is 2.72. The summed E-state index contributed by atoms with van der Waals surface area (Å²) >= 11 is 0. The minimum absolute atomic E-state index is 0.0802. The Labute approximate surface area is 166 Å². The summed E-state index contributed by atoms with van der Waals surface area (Å²) in [6.45, 7) is 4.77. The summed E-state index contributed by atoms with van der Waals surface area (Å²) < 4.78 is 17.2. The Bertz CT molecular complexity index is 786. The summed E-state index contributed by atoms with van der Waals surface area (Å²) in [5.74, 6) is 0.264. The van der Waals surface area contributed by atoms with E-state index in [1.54, 1.807) is 7.11 Å². The van der Waals surface area contributed by atoms with E-state index in [4.69, 9.17) is 19.3 Å². The molecule has 0 bridgehead atoms. The van der Waals surface area contributed by atoms with Crippen LogP contribution >= 0.6 is 0 Å². The number of likely N-dealkylation sites (N-methyl/N-ethyl adjacent to an activating group) is 1. The Morgan fingerprint density at radius 1 is 1.25 bits per heavy atom. The number of fused-ring (bicyclic) bond motifs is 1. The van der Waals surface area contributed by atoms with E-state index >= 15 is 0 Å². The van der Waals surface area contributed by atoms with E-state index in [2.05, 4.69) is 24.3 Å². The number of carboxylic acid groups (broad SMARTS) is 1. The Morgan fingerprint density at radius 2 is 2.04 bits per heavy atom. The van der Waals surface area contributed by atoms with Gasteiger partial charge in [0, 0.05) is 5.92 Å². The lowest BCUT2D eigenvalue weighted by atomic mass is 9.94.